The van der Waals surface area contributed by atoms with Crippen LogP contribution < -0.4 is 4.90 Å². The van der Waals surface area contributed by atoms with Gasteiger partial charge in [-0.3, -0.25) is 0 Å². The van der Waals surface area contributed by atoms with Crippen LogP contribution >= 0.6 is 0 Å². The van der Waals surface area contributed by atoms with Crippen LogP contribution in [0.15, 0.2) is 24.3 Å². The number of benzene rings is 1. The van der Waals surface area contributed by atoms with Gasteiger partial charge in [-0.2, -0.15) is 15.2 Å². The largest absolute Gasteiger partial charge is 0.378 e. The van der Waals surface area contributed by atoms with Gasteiger partial charge in [0.15, 0.2) is 5.65 Å². The number of nitriles is 1. The second-order valence-electron chi connectivity index (χ2n) is 9.30. The van der Waals surface area contributed by atoms with Crippen LogP contribution in [-0.4, -0.2) is 45.8 Å². The van der Waals surface area contributed by atoms with Gasteiger partial charge in [0, 0.05) is 25.2 Å². The van der Waals surface area contributed by atoms with E-state index in [0.29, 0.717) is 24.8 Å². The van der Waals surface area contributed by atoms with E-state index >= 15 is 0 Å². The lowest BCUT2D eigenvalue weighted by Gasteiger charge is -2.31. The summed E-state index contributed by atoms with van der Waals surface area (Å²) in [5.74, 6) is 2.53. The molecule has 1 aliphatic heterocycles. The van der Waals surface area contributed by atoms with Crippen molar-refractivity contribution in [2.45, 2.75) is 46.1 Å². The Bertz CT molecular complexity index is 1150. The molecule has 1 saturated carbocycles. The van der Waals surface area contributed by atoms with E-state index in [0.717, 1.165) is 53.8 Å². The van der Waals surface area contributed by atoms with Crippen molar-refractivity contribution in [3.05, 3.63) is 35.7 Å². The van der Waals surface area contributed by atoms with E-state index in [1.807, 2.05) is 6.07 Å². The molecule has 3 aromatic rings. The molecule has 7 nitrogen and oxygen atoms in total. The standard InChI is InChI=1S/C25H30N6O/c1-17-6-8-19(9-7-17)16-31-23-22(20-5-3-4-18(2)14-20)27-21(15-26)28-24(23)29-25(31)30-10-12-32-13-11-30/h3-5,14,17,19H,6-13,16H2,1-2H3. The average molecular weight is 431 g/mol. The molecule has 1 aromatic carbocycles. The smallest absolute Gasteiger partial charge is 0.234 e. The topological polar surface area (TPSA) is 79.9 Å². The van der Waals surface area contributed by atoms with E-state index in [1.165, 1.54) is 25.7 Å². The first kappa shape index (κ1) is 20.9. The highest BCUT2D eigenvalue weighted by Gasteiger charge is 2.27. The molecule has 0 radical (unpaired) electrons. The van der Waals surface area contributed by atoms with Crippen molar-refractivity contribution in [2.24, 2.45) is 11.8 Å². The van der Waals surface area contributed by atoms with Gasteiger partial charge < -0.3 is 14.2 Å². The molecular formula is C25H30N6O. The second kappa shape index (κ2) is 8.87. The molecule has 0 atom stereocenters. The third-order valence-electron chi connectivity index (χ3n) is 6.84. The number of morpholine rings is 1. The molecule has 2 aliphatic rings. The number of ether oxygens (including phenoxy) is 1. The van der Waals surface area contributed by atoms with Gasteiger partial charge in [-0.1, -0.05) is 43.5 Å². The first-order valence-corrected chi connectivity index (χ1v) is 11.7. The van der Waals surface area contributed by atoms with Crippen LogP contribution in [-0.2, 0) is 11.3 Å². The van der Waals surface area contributed by atoms with Gasteiger partial charge in [0.1, 0.15) is 17.3 Å². The van der Waals surface area contributed by atoms with Crippen LogP contribution in [0.4, 0.5) is 5.95 Å². The minimum Gasteiger partial charge on any atom is -0.378 e. The van der Waals surface area contributed by atoms with Crippen molar-refractivity contribution in [3.8, 4) is 17.3 Å². The molecule has 0 spiro atoms. The Labute approximate surface area is 189 Å². The van der Waals surface area contributed by atoms with Crippen molar-refractivity contribution in [2.75, 3.05) is 31.2 Å². The SMILES string of the molecule is Cc1cccc(-c2nc(C#N)nc3nc(N4CCOCC4)n(CC4CCC(C)CC4)c23)c1. The number of nitrogens with zero attached hydrogens (tertiary/aromatic N) is 6. The minimum absolute atomic E-state index is 0.165. The zero-order chi connectivity index (χ0) is 22.1. The Hall–Kier alpha value is -2.98. The van der Waals surface area contributed by atoms with E-state index in [1.54, 1.807) is 0 Å². The summed E-state index contributed by atoms with van der Waals surface area (Å²) >= 11 is 0. The van der Waals surface area contributed by atoms with E-state index in [9.17, 15) is 5.26 Å². The summed E-state index contributed by atoms with van der Waals surface area (Å²) in [5, 5.41) is 9.60. The lowest BCUT2D eigenvalue weighted by Crippen LogP contribution is -2.38. The number of imidazole rings is 1. The molecule has 0 unspecified atom stereocenters. The molecule has 5 rings (SSSR count). The van der Waals surface area contributed by atoms with E-state index in [2.05, 4.69) is 57.6 Å². The average Bonchev–Trinajstić information content (AvgIpc) is 3.18. The number of rotatable bonds is 4. The summed E-state index contributed by atoms with van der Waals surface area (Å²) in [7, 11) is 0. The second-order valence-corrected chi connectivity index (χ2v) is 9.30. The molecule has 0 bridgehead atoms. The molecule has 166 valence electrons. The highest BCUT2D eigenvalue weighted by Crippen LogP contribution is 2.35. The Morgan fingerprint density at radius 1 is 1.09 bits per heavy atom. The van der Waals surface area contributed by atoms with Crippen LogP contribution in [0.1, 0.15) is 44.0 Å². The third-order valence-corrected chi connectivity index (χ3v) is 6.84. The molecule has 1 aliphatic carbocycles. The van der Waals surface area contributed by atoms with Gasteiger partial charge in [0.05, 0.1) is 13.2 Å². The fourth-order valence-corrected chi connectivity index (χ4v) is 5.02. The summed E-state index contributed by atoms with van der Waals surface area (Å²) < 4.78 is 7.92. The zero-order valence-corrected chi connectivity index (χ0v) is 18.9. The fourth-order valence-electron chi connectivity index (χ4n) is 5.02. The van der Waals surface area contributed by atoms with Crippen molar-refractivity contribution in [3.63, 3.8) is 0 Å². The van der Waals surface area contributed by atoms with Crippen molar-refractivity contribution in [1.82, 2.24) is 19.5 Å². The highest BCUT2D eigenvalue weighted by atomic mass is 16.5. The summed E-state index contributed by atoms with van der Waals surface area (Å²) in [4.78, 5) is 16.5. The number of hydrogen-bond donors (Lipinski definition) is 0. The molecular weight excluding hydrogens is 400 g/mol. The molecule has 0 N–H and O–H groups in total. The monoisotopic (exact) mass is 430 g/mol. The Morgan fingerprint density at radius 2 is 1.88 bits per heavy atom. The third kappa shape index (κ3) is 4.07. The van der Waals surface area contributed by atoms with E-state index < -0.39 is 0 Å². The van der Waals surface area contributed by atoms with Gasteiger partial charge in [-0.15, -0.1) is 0 Å². The van der Waals surface area contributed by atoms with Crippen LogP contribution in [0.25, 0.3) is 22.4 Å². The molecule has 0 amide bonds. The Balaban J connectivity index is 1.68. The quantitative estimate of drug-likeness (QED) is 0.613. The number of hydrogen-bond acceptors (Lipinski definition) is 6. The van der Waals surface area contributed by atoms with Crippen molar-refractivity contribution < 1.29 is 4.74 Å². The molecule has 32 heavy (non-hydrogen) atoms. The number of fused-ring (bicyclic) bond motifs is 1. The van der Waals surface area contributed by atoms with Crippen LogP contribution in [0, 0.1) is 30.1 Å². The zero-order valence-electron chi connectivity index (χ0n) is 18.9. The lowest BCUT2D eigenvalue weighted by molar-refractivity contribution is 0.121. The van der Waals surface area contributed by atoms with Crippen molar-refractivity contribution >= 4 is 17.1 Å². The maximum atomic E-state index is 9.60. The van der Waals surface area contributed by atoms with Gasteiger partial charge in [-0.25, -0.2) is 4.98 Å². The molecule has 7 heteroatoms. The predicted octanol–water partition coefficient (Wildman–Crippen LogP) is 4.34. The van der Waals surface area contributed by atoms with Crippen LogP contribution in [0.2, 0.25) is 0 Å². The molecule has 1 saturated heterocycles. The van der Waals surface area contributed by atoms with Gasteiger partial charge in [-0.05, 0) is 37.7 Å². The van der Waals surface area contributed by atoms with Gasteiger partial charge >= 0.3 is 0 Å². The molecule has 2 aromatic heterocycles. The first-order valence-electron chi connectivity index (χ1n) is 11.7. The Kier molecular flexibility index (Phi) is 5.79. The van der Waals surface area contributed by atoms with Gasteiger partial charge in [0.25, 0.3) is 0 Å². The minimum atomic E-state index is 0.165. The first-order chi connectivity index (χ1) is 15.6. The Morgan fingerprint density at radius 3 is 2.59 bits per heavy atom. The van der Waals surface area contributed by atoms with Gasteiger partial charge in [0.2, 0.25) is 11.8 Å². The van der Waals surface area contributed by atoms with E-state index in [4.69, 9.17) is 9.72 Å². The summed E-state index contributed by atoms with van der Waals surface area (Å²) in [6.45, 7) is 8.35. The van der Waals surface area contributed by atoms with Crippen LogP contribution in [0.5, 0.6) is 0 Å². The maximum Gasteiger partial charge on any atom is 0.234 e. The lowest BCUT2D eigenvalue weighted by atomic mass is 9.83. The normalized spacial score (nSPS) is 21.6. The summed E-state index contributed by atoms with van der Waals surface area (Å²) in [6, 6.07) is 10.4. The number of aryl methyl sites for hydroxylation is 1. The molecule has 2 fully saturated rings. The number of anilines is 1. The van der Waals surface area contributed by atoms with E-state index in [-0.39, 0.29) is 5.82 Å². The highest BCUT2D eigenvalue weighted by molar-refractivity contribution is 5.90. The van der Waals surface area contributed by atoms with Crippen LogP contribution in [0.3, 0.4) is 0 Å². The summed E-state index contributed by atoms with van der Waals surface area (Å²) in [5.41, 5.74) is 4.51. The molecule has 3 heterocycles. The fraction of sp³-hybridized carbons (Fsp3) is 0.520. The number of aromatic nitrogens is 4. The summed E-state index contributed by atoms with van der Waals surface area (Å²) in [6.07, 6.45) is 5.04. The van der Waals surface area contributed by atoms with Crippen molar-refractivity contribution in [1.29, 1.82) is 5.26 Å². The predicted molar refractivity (Wildman–Crippen MR) is 124 cm³/mol. The maximum absolute atomic E-state index is 9.60.